The summed E-state index contributed by atoms with van der Waals surface area (Å²) in [4.78, 5) is 6.24. The molecule has 0 aliphatic carbocycles. The molecule has 0 bridgehead atoms. The number of ether oxygens (including phenoxy) is 1. The van der Waals surface area contributed by atoms with Crippen molar-refractivity contribution in [2.24, 2.45) is 16.5 Å². The zero-order valence-electron chi connectivity index (χ0n) is 14.1. The van der Waals surface area contributed by atoms with Gasteiger partial charge < -0.3 is 16.2 Å². The van der Waals surface area contributed by atoms with Gasteiger partial charge in [0.25, 0.3) is 0 Å². The maximum Gasteiger partial charge on any atom is 0.127 e. The Kier molecular flexibility index (Phi) is 6.37. The molecule has 0 spiro atoms. The molecule has 1 saturated heterocycles. The number of nitrogens with two attached hydrogens (primary N) is 2. The van der Waals surface area contributed by atoms with Gasteiger partial charge in [-0.2, -0.15) is 0 Å². The summed E-state index contributed by atoms with van der Waals surface area (Å²) in [7, 11) is 0. The van der Waals surface area contributed by atoms with Crippen LogP contribution in [0.2, 0.25) is 0 Å². The summed E-state index contributed by atoms with van der Waals surface area (Å²) in [6, 6.07) is 4.39. The van der Waals surface area contributed by atoms with E-state index in [0.29, 0.717) is 29.3 Å². The molecule has 0 unspecified atom stereocenters. The lowest BCUT2D eigenvalue weighted by molar-refractivity contribution is 0.237. The van der Waals surface area contributed by atoms with E-state index in [-0.39, 0.29) is 5.70 Å². The minimum Gasteiger partial charge on any atom is -0.492 e. The lowest BCUT2D eigenvalue weighted by Crippen LogP contribution is -2.25. The van der Waals surface area contributed by atoms with Gasteiger partial charge in [0.2, 0.25) is 0 Å². The van der Waals surface area contributed by atoms with E-state index < -0.39 is 5.82 Å². The van der Waals surface area contributed by atoms with Crippen molar-refractivity contribution in [2.75, 3.05) is 26.2 Å². The fourth-order valence-electron chi connectivity index (χ4n) is 2.71. The third-order valence-electron chi connectivity index (χ3n) is 4.05. The molecular formula is C18H25FN4O. The minimum absolute atomic E-state index is 0.265. The molecule has 2 rings (SSSR count). The average molecular weight is 332 g/mol. The van der Waals surface area contributed by atoms with Crippen LogP contribution < -0.4 is 16.2 Å². The summed E-state index contributed by atoms with van der Waals surface area (Å²) >= 11 is 0. The molecule has 0 atom stereocenters. The summed E-state index contributed by atoms with van der Waals surface area (Å²) in [6.45, 7) is 8.82. The maximum atomic E-state index is 13.9. The van der Waals surface area contributed by atoms with E-state index in [2.05, 4.69) is 16.6 Å². The van der Waals surface area contributed by atoms with Crippen molar-refractivity contribution >= 4 is 12.4 Å². The number of hydrogen-bond acceptors (Lipinski definition) is 5. The second kappa shape index (κ2) is 8.49. The third-order valence-corrected chi connectivity index (χ3v) is 4.05. The van der Waals surface area contributed by atoms with Gasteiger partial charge in [-0.05, 0) is 51.7 Å². The Morgan fingerprint density at radius 3 is 2.67 bits per heavy atom. The molecule has 1 heterocycles. The lowest BCUT2D eigenvalue weighted by Gasteiger charge is -2.15. The van der Waals surface area contributed by atoms with Gasteiger partial charge in [0, 0.05) is 18.2 Å². The van der Waals surface area contributed by atoms with Crippen molar-refractivity contribution in [3.05, 3.63) is 47.0 Å². The van der Waals surface area contributed by atoms with Gasteiger partial charge in [-0.25, -0.2) is 4.39 Å². The Balaban J connectivity index is 2.16. The lowest BCUT2D eigenvalue weighted by atomic mass is 10.1. The molecule has 130 valence electrons. The van der Waals surface area contributed by atoms with Gasteiger partial charge >= 0.3 is 0 Å². The molecule has 4 N–H and O–H groups in total. The Bertz CT molecular complexity index is 648. The van der Waals surface area contributed by atoms with Gasteiger partial charge in [0.15, 0.2) is 0 Å². The molecule has 0 aromatic heterocycles. The Hall–Kier alpha value is -2.34. The summed E-state index contributed by atoms with van der Waals surface area (Å²) in [5, 5.41) is 0. The SMILES string of the molecule is C=N/C(=C(N)\C(N)=C/C)c1cc(F)cc(OCCN2CCCC2)c1. The highest BCUT2D eigenvalue weighted by Gasteiger charge is 2.13. The maximum absolute atomic E-state index is 13.9. The van der Waals surface area contributed by atoms with E-state index in [1.165, 1.54) is 25.0 Å². The van der Waals surface area contributed by atoms with E-state index >= 15 is 0 Å². The predicted octanol–water partition coefficient (Wildman–Crippen LogP) is 2.49. The van der Waals surface area contributed by atoms with Crippen LogP contribution in [-0.4, -0.2) is 37.9 Å². The fraction of sp³-hybridized carbons (Fsp3) is 0.389. The highest BCUT2D eigenvalue weighted by Crippen LogP contribution is 2.25. The van der Waals surface area contributed by atoms with Gasteiger partial charge in [-0.15, -0.1) is 0 Å². The summed E-state index contributed by atoms with van der Waals surface area (Å²) < 4.78 is 19.6. The second-order valence-corrected chi connectivity index (χ2v) is 5.74. The molecule has 1 aliphatic rings. The first-order valence-corrected chi connectivity index (χ1v) is 8.10. The van der Waals surface area contributed by atoms with E-state index in [1.54, 1.807) is 19.1 Å². The van der Waals surface area contributed by atoms with Crippen LogP contribution in [0.3, 0.4) is 0 Å². The highest BCUT2D eigenvalue weighted by molar-refractivity contribution is 5.74. The summed E-state index contributed by atoms with van der Waals surface area (Å²) in [5.74, 6) is 0.0221. The molecule has 1 aromatic rings. The molecule has 1 fully saturated rings. The van der Waals surface area contributed by atoms with Gasteiger partial charge in [-0.1, -0.05) is 6.08 Å². The quantitative estimate of drug-likeness (QED) is 0.594. The zero-order chi connectivity index (χ0) is 17.5. The first-order valence-electron chi connectivity index (χ1n) is 8.10. The summed E-state index contributed by atoms with van der Waals surface area (Å²) in [5.41, 5.74) is 13.3. The minimum atomic E-state index is -0.420. The predicted molar refractivity (Wildman–Crippen MR) is 96.2 cm³/mol. The Labute approximate surface area is 142 Å². The molecule has 6 heteroatoms. The van der Waals surface area contributed by atoms with E-state index in [1.807, 2.05) is 0 Å². The monoisotopic (exact) mass is 332 g/mol. The molecular weight excluding hydrogens is 307 g/mol. The first kappa shape index (κ1) is 18.0. The number of halogens is 1. The second-order valence-electron chi connectivity index (χ2n) is 5.74. The summed E-state index contributed by atoms with van der Waals surface area (Å²) in [6.07, 6.45) is 4.12. The molecule has 0 radical (unpaired) electrons. The van der Waals surface area contributed by atoms with Crippen LogP contribution in [0.4, 0.5) is 4.39 Å². The van der Waals surface area contributed by atoms with Crippen molar-refractivity contribution in [2.45, 2.75) is 19.8 Å². The number of hydrogen-bond donors (Lipinski definition) is 2. The normalized spacial score (nSPS) is 16.8. The molecule has 0 saturated carbocycles. The third kappa shape index (κ3) is 4.58. The van der Waals surface area contributed by atoms with Crippen molar-refractivity contribution in [1.82, 2.24) is 4.90 Å². The van der Waals surface area contributed by atoms with Crippen LogP contribution in [0.5, 0.6) is 5.75 Å². The van der Waals surface area contributed by atoms with Crippen LogP contribution >= 0.6 is 0 Å². The van der Waals surface area contributed by atoms with Crippen LogP contribution in [-0.2, 0) is 0 Å². The smallest absolute Gasteiger partial charge is 0.127 e. The van der Waals surface area contributed by atoms with Gasteiger partial charge in [-0.3, -0.25) is 9.89 Å². The van der Waals surface area contributed by atoms with E-state index in [0.717, 1.165) is 19.6 Å². The largest absolute Gasteiger partial charge is 0.492 e. The zero-order valence-corrected chi connectivity index (χ0v) is 14.1. The number of aliphatic imine (C=N–C) groups is 1. The van der Waals surface area contributed by atoms with Crippen molar-refractivity contribution in [3.63, 3.8) is 0 Å². The van der Waals surface area contributed by atoms with Gasteiger partial charge in [0.05, 0.1) is 17.1 Å². The van der Waals surface area contributed by atoms with E-state index in [9.17, 15) is 4.39 Å². The van der Waals surface area contributed by atoms with Crippen molar-refractivity contribution in [1.29, 1.82) is 0 Å². The fourth-order valence-corrected chi connectivity index (χ4v) is 2.71. The molecule has 5 nitrogen and oxygen atoms in total. The Morgan fingerprint density at radius 1 is 1.33 bits per heavy atom. The molecule has 1 aromatic carbocycles. The topological polar surface area (TPSA) is 76.9 Å². The standard InChI is InChI=1S/C18H25FN4O/c1-3-16(20)17(21)18(22-2)13-10-14(19)12-15(11-13)24-9-8-23-6-4-5-7-23/h3,10-12H,2,4-9,20-21H2,1H3/b16-3+,18-17+. The number of likely N-dealkylation sites (tertiary alicyclic amines) is 1. The molecule has 24 heavy (non-hydrogen) atoms. The average Bonchev–Trinajstić information content (AvgIpc) is 3.07. The number of allylic oxidation sites excluding steroid dienone is 1. The van der Waals surface area contributed by atoms with Crippen molar-refractivity contribution < 1.29 is 9.13 Å². The molecule has 0 amide bonds. The van der Waals surface area contributed by atoms with Gasteiger partial charge in [0.1, 0.15) is 18.2 Å². The number of nitrogens with zero attached hydrogens (tertiary/aromatic N) is 2. The van der Waals surface area contributed by atoms with Crippen LogP contribution in [0.25, 0.3) is 5.70 Å². The highest BCUT2D eigenvalue weighted by atomic mass is 19.1. The van der Waals surface area contributed by atoms with E-state index in [4.69, 9.17) is 16.2 Å². The van der Waals surface area contributed by atoms with Crippen LogP contribution in [0.1, 0.15) is 25.3 Å². The molecule has 1 aliphatic heterocycles. The first-order chi connectivity index (χ1) is 11.5. The number of rotatable bonds is 7. The van der Waals surface area contributed by atoms with Crippen molar-refractivity contribution in [3.8, 4) is 5.75 Å². The van der Waals surface area contributed by atoms with Crippen LogP contribution in [0, 0.1) is 5.82 Å². The number of benzene rings is 1. The van der Waals surface area contributed by atoms with Crippen LogP contribution in [0.15, 0.2) is 40.7 Å². The Morgan fingerprint density at radius 2 is 2.04 bits per heavy atom.